The number of amides is 1. The molecule has 0 bridgehead atoms. The van der Waals surface area contributed by atoms with Crippen molar-refractivity contribution in [2.45, 2.75) is 50.3 Å². The van der Waals surface area contributed by atoms with Crippen LogP contribution in [-0.2, 0) is 14.8 Å². The molecule has 1 amide bonds. The molecule has 2 saturated heterocycles. The molecule has 0 unspecified atom stereocenters. The van der Waals surface area contributed by atoms with Crippen LogP contribution in [0.2, 0.25) is 0 Å². The molecular formula is C21H33N3O4S. The number of rotatable bonds is 6. The van der Waals surface area contributed by atoms with Gasteiger partial charge in [-0.05, 0) is 56.3 Å². The highest BCUT2D eigenvalue weighted by Gasteiger charge is 2.26. The third-order valence-electron chi connectivity index (χ3n) is 5.76. The molecule has 0 spiro atoms. The maximum absolute atomic E-state index is 13.1. The molecule has 1 atom stereocenters. The van der Waals surface area contributed by atoms with Gasteiger partial charge in [0.05, 0.1) is 24.2 Å². The van der Waals surface area contributed by atoms with Crippen molar-refractivity contribution < 1.29 is 17.9 Å². The standard InChI is InChI=1S/C21H33N3O4S/c1-17-8-7-11-23(15-17)16-21(25)22-19-14-18(9-10-20(19)28-2)29(26,27)24-12-5-3-4-6-13-24/h9-10,14,17H,3-8,11-13,15-16H2,1-2H3,(H,22,25)/t17-/m1/s1. The van der Waals surface area contributed by atoms with Crippen molar-refractivity contribution in [2.24, 2.45) is 5.92 Å². The molecule has 2 aliphatic heterocycles. The minimum atomic E-state index is -3.59. The maximum Gasteiger partial charge on any atom is 0.243 e. The van der Waals surface area contributed by atoms with E-state index >= 15 is 0 Å². The number of carbonyl (C=O) groups excluding carboxylic acids is 1. The van der Waals surface area contributed by atoms with E-state index in [-0.39, 0.29) is 10.8 Å². The molecule has 1 aromatic carbocycles. The van der Waals surface area contributed by atoms with Gasteiger partial charge in [-0.2, -0.15) is 4.31 Å². The molecule has 7 nitrogen and oxygen atoms in total. The SMILES string of the molecule is COc1ccc(S(=O)(=O)N2CCCCCC2)cc1NC(=O)CN1CCC[C@@H](C)C1. The molecule has 2 heterocycles. The number of nitrogens with one attached hydrogen (secondary N) is 1. The van der Waals surface area contributed by atoms with Crippen LogP contribution in [0.3, 0.4) is 0 Å². The predicted octanol–water partition coefficient (Wildman–Crippen LogP) is 2.93. The molecule has 162 valence electrons. The van der Waals surface area contributed by atoms with Crippen molar-refractivity contribution in [3.05, 3.63) is 18.2 Å². The smallest absolute Gasteiger partial charge is 0.243 e. The number of hydrogen-bond acceptors (Lipinski definition) is 5. The zero-order chi connectivity index (χ0) is 20.9. The lowest BCUT2D eigenvalue weighted by Gasteiger charge is -2.30. The summed E-state index contributed by atoms with van der Waals surface area (Å²) in [5.74, 6) is 0.898. The molecule has 0 aromatic heterocycles. The van der Waals surface area contributed by atoms with Crippen molar-refractivity contribution in [1.82, 2.24) is 9.21 Å². The van der Waals surface area contributed by atoms with Gasteiger partial charge in [0, 0.05) is 19.6 Å². The van der Waals surface area contributed by atoms with Crippen LogP contribution in [0.5, 0.6) is 5.75 Å². The normalized spacial score (nSPS) is 22.1. The number of hydrogen-bond donors (Lipinski definition) is 1. The van der Waals surface area contributed by atoms with Crippen LogP contribution >= 0.6 is 0 Å². The molecule has 8 heteroatoms. The number of piperidine rings is 1. The van der Waals surface area contributed by atoms with Crippen LogP contribution in [0.4, 0.5) is 5.69 Å². The highest BCUT2D eigenvalue weighted by atomic mass is 32.2. The number of anilines is 1. The predicted molar refractivity (Wildman–Crippen MR) is 114 cm³/mol. The van der Waals surface area contributed by atoms with Gasteiger partial charge in [-0.1, -0.05) is 19.8 Å². The maximum atomic E-state index is 13.1. The van der Waals surface area contributed by atoms with E-state index in [1.807, 2.05) is 0 Å². The highest BCUT2D eigenvalue weighted by Crippen LogP contribution is 2.30. The lowest BCUT2D eigenvalue weighted by molar-refractivity contribution is -0.117. The Morgan fingerprint density at radius 1 is 1.14 bits per heavy atom. The number of sulfonamides is 1. The Labute approximate surface area is 174 Å². The zero-order valence-electron chi connectivity index (χ0n) is 17.5. The number of carbonyl (C=O) groups is 1. The summed E-state index contributed by atoms with van der Waals surface area (Å²) in [6.45, 7) is 5.42. The molecule has 0 radical (unpaired) electrons. The number of benzene rings is 1. The zero-order valence-corrected chi connectivity index (χ0v) is 18.3. The number of methoxy groups -OCH3 is 1. The van der Waals surface area contributed by atoms with E-state index < -0.39 is 10.0 Å². The van der Waals surface area contributed by atoms with Gasteiger partial charge in [0.2, 0.25) is 15.9 Å². The molecule has 1 aromatic rings. The lowest BCUT2D eigenvalue weighted by Crippen LogP contribution is -2.39. The molecule has 0 saturated carbocycles. The first-order chi connectivity index (χ1) is 13.9. The van der Waals surface area contributed by atoms with E-state index in [4.69, 9.17) is 4.74 Å². The van der Waals surface area contributed by atoms with Crippen molar-refractivity contribution in [1.29, 1.82) is 0 Å². The van der Waals surface area contributed by atoms with Crippen LogP contribution < -0.4 is 10.1 Å². The van der Waals surface area contributed by atoms with E-state index in [9.17, 15) is 13.2 Å². The number of nitrogens with zero attached hydrogens (tertiary/aromatic N) is 2. The molecule has 0 aliphatic carbocycles. The van der Waals surface area contributed by atoms with Crippen molar-refractivity contribution in [2.75, 3.05) is 45.2 Å². The third-order valence-corrected chi connectivity index (χ3v) is 7.65. The Balaban J connectivity index is 1.75. The van der Waals surface area contributed by atoms with Gasteiger partial charge in [-0.25, -0.2) is 8.42 Å². The molecule has 29 heavy (non-hydrogen) atoms. The van der Waals surface area contributed by atoms with Gasteiger partial charge in [0.25, 0.3) is 0 Å². The highest BCUT2D eigenvalue weighted by molar-refractivity contribution is 7.89. The first-order valence-corrected chi connectivity index (χ1v) is 12.0. The number of likely N-dealkylation sites (tertiary alicyclic amines) is 1. The van der Waals surface area contributed by atoms with Crippen molar-refractivity contribution >= 4 is 21.6 Å². The second-order valence-electron chi connectivity index (χ2n) is 8.21. The van der Waals surface area contributed by atoms with Crippen molar-refractivity contribution in [3.63, 3.8) is 0 Å². The first kappa shape index (κ1) is 22.1. The van der Waals surface area contributed by atoms with Crippen LogP contribution in [0.15, 0.2) is 23.1 Å². The minimum Gasteiger partial charge on any atom is -0.495 e. The molecule has 2 aliphatic rings. The van der Waals surface area contributed by atoms with Gasteiger partial charge in [0.15, 0.2) is 0 Å². The Bertz CT molecular complexity index is 804. The quantitative estimate of drug-likeness (QED) is 0.761. The Kier molecular flexibility index (Phi) is 7.54. The van der Waals surface area contributed by atoms with Crippen LogP contribution in [0, 0.1) is 5.92 Å². The summed E-state index contributed by atoms with van der Waals surface area (Å²) in [6.07, 6.45) is 6.18. The monoisotopic (exact) mass is 423 g/mol. The summed E-state index contributed by atoms with van der Waals surface area (Å²) in [7, 11) is -2.07. The third kappa shape index (κ3) is 5.71. The Morgan fingerprint density at radius 3 is 2.52 bits per heavy atom. The van der Waals surface area contributed by atoms with Crippen molar-refractivity contribution in [3.8, 4) is 5.75 Å². The molecular weight excluding hydrogens is 390 g/mol. The average Bonchev–Trinajstić information content (AvgIpc) is 2.98. The number of ether oxygens (including phenoxy) is 1. The van der Waals surface area contributed by atoms with Crippen LogP contribution in [-0.4, -0.2) is 63.4 Å². The summed E-state index contributed by atoms with van der Waals surface area (Å²) in [4.78, 5) is 14.9. The summed E-state index contributed by atoms with van der Waals surface area (Å²) in [5.41, 5.74) is 0.401. The fourth-order valence-electron chi connectivity index (χ4n) is 4.20. The Hall–Kier alpha value is -1.64. The van der Waals surface area contributed by atoms with Crippen LogP contribution in [0.25, 0.3) is 0 Å². The van der Waals surface area contributed by atoms with E-state index in [0.717, 1.165) is 45.2 Å². The van der Waals surface area contributed by atoms with Gasteiger partial charge >= 0.3 is 0 Å². The fraction of sp³-hybridized carbons (Fsp3) is 0.667. The summed E-state index contributed by atoms with van der Waals surface area (Å²) in [6, 6.07) is 4.69. The summed E-state index contributed by atoms with van der Waals surface area (Å²) in [5, 5.41) is 2.86. The largest absolute Gasteiger partial charge is 0.495 e. The summed E-state index contributed by atoms with van der Waals surface area (Å²) >= 11 is 0. The van der Waals surface area contributed by atoms with E-state index in [1.54, 1.807) is 16.4 Å². The van der Waals surface area contributed by atoms with E-state index in [1.165, 1.54) is 19.6 Å². The van der Waals surface area contributed by atoms with Gasteiger partial charge in [-0.3, -0.25) is 9.69 Å². The summed E-state index contributed by atoms with van der Waals surface area (Å²) < 4.78 is 33.1. The van der Waals surface area contributed by atoms with Gasteiger partial charge in [-0.15, -0.1) is 0 Å². The van der Waals surface area contributed by atoms with Crippen LogP contribution in [0.1, 0.15) is 45.4 Å². The molecule has 2 fully saturated rings. The van der Waals surface area contributed by atoms with Gasteiger partial charge < -0.3 is 10.1 Å². The topological polar surface area (TPSA) is 79.0 Å². The van der Waals surface area contributed by atoms with E-state index in [2.05, 4.69) is 17.1 Å². The lowest BCUT2D eigenvalue weighted by atomic mass is 10.0. The average molecular weight is 424 g/mol. The van der Waals surface area contributed by atoms with E-state index in [0.29, 0.717) is 37.0 Å². The second kappa shape index (κ2) is 9.91. The first-order valence-electron chi connectivity index (χ1n) is 10.6. The molecule has 3 rings (SSSR count). The molecule has 1 N–H and O–H groups in total. The second-order valence-corrected chi connectivity index (χ2v) is 10.1. The van der Waals surface area contributed by atoms with Gasteiger partial charge in [0.1, 0.15) is 5.75 Å². The minimum absolute atomic E-state index is 0.151. The fourth-order valence-corrected chi connectivity index (χ4v) is 5.74. The Morgan fingerprint density at radius 2 is 1.86 bits per heavy atom.